The van der Waals surface area contributed by atoms with E-state index in [1.54, 1.807) is 13.2 Å². The third-order valence-electron chi connectivity index (χ3n) is 5.44. The molecule has 0 radical (unpaired) electrons. The highest BCUT2D eigenvalue weighted by Crippen LogP contribution is 2.34. The van der Waals surface area contributed by atoms with Crippen molar-refractivity contribution in [3.05, 3.63) is 46.9 Å². The monoisotopic (exact) mass is 473 g/mol. The van der Waals surface area contributed by atoms with Crippen LogP contribution in [0.15, 0.2) is 46.9 Å². The lowest BCUT2D eigenvalue weighted by Crippen LogP contribution is -2.47. The van der Waals surface area contributed by atoms with E-state index >= 15 is 0 Å². The van der Waals surface area contributed by atoms with Gasteiger partial charge in [0.25, 0.3) is 5.91 Å². The molecular weight excluding hydrogens is 450 g/mol. The first-order valence-corrected chi connectivity index (χ1v) is 10.7. The predicted molar refractivity (Wildman–Crippen MR) is 118 cm³/mol. The number of ether oxygens (including phenoxy) is 2. The van der Waals surface area contributed by atoms with Gasteiger partial charge in [-0.05, 0) is 48.9 Å². The summed E-state index contributed by atoms with van der Waals surface area (Å²) >= 11 is 3.41. The first-order chi connectivity index (χ1) is 14.5. The number of hydrogen-bond donors (Lipinski definition) is 0. The smallest absolute Gasteiger partial charge is 0.265 e. The molecule has 30 heavy (non-hydrogen) atoms. The van der Waals surface area contributed by atoms with Gasteiger partial charge in [0.2, 0.25) is 5.91 Å². The number of hydrogen-bond acceptors (Lipinski definition) is 5. The summed E-state index contributed by atoms with van der Waals surface area (Å²) in [5.74, 6) is 1.19. The number of benzene rings is 2. The number of methoxy groups -OCH3 is 1. The van der Waals surface area contributed by atoms with Crippen LogP contribution in [0, 0.1) is 0 Å². The lowest BCUT2D eigenvalue weighted by atomic mass is 10.2. The van der Waals surface area contributed by atoms with E-state index in [-0.39, 0.29) is 25.0 Å². The Hall–Kier alpha value is -2.74. The number of carbonyl (C=O) groups is 2. The first kappa shape index (κ1) is 20.5. The standard InChI is InChI=1S/C22H24BrN3O4/c1-29-18-6-4-17(5-7-18)24-9-2-10-25(12-11-24)21(27)14-26-19-8-3-16(23)13-20(19)30-15-22(26)28/h3-8,13H,2,9-12,14-15H2,1H3. The van der Waals surface area contributed by atoms with Crippen molar-refractivity contribution in [3.63, 3.8) is 0 Å². The van der Waals surface area contributed by atoms with E-state index in [1.165, 1.54) is 4.90 Å². The second kappa shape index (κ2) is 8.95. The Morgan fingerprint density at radius 1 is 1.10 bits per heavy atom. The Balaban J connectivity index is 1.41. The van der Waals surface area contributed by atoms with Gasteiger partial charge >= 0.3 is 0 Å². The van der Waals surface area contributed by atoms with Gasteiger partial charge in [-0.2, -0.15) is 0 Å². The molecule has 158 valence electrons. The summed E-state index contributed by atoms with van der Waals surface area (Å²) in [5.41, 5.74) is 1.76. The highest BCUT2D eigenvalue weighted by molar-refractivity contribution is 9.10. The van der Waals surface area contributed by atoms with Crippen LogP contribution in [0.3, 0.4) is 0 Å². The molecule has 7 nitrogen and oxygen atoms in total. The molecule has 4 rings (SSSR count). The van der Waals surface area contributed by atoms with Crippen LogP contribution in [0.25, 0.3) is 0 Å². The van der Waals surface area contributed by atoms with Gasteiger partial charge in [-0.3, -0.25) is 14.5 Å². The summed E-state index contributed by atoms with van der Waals surface area (Å²) in [6.07, 6.45) is 0.873. The van der Waals surface area contributed by atoms with Gasteiger partial charge < -0.3 is 19.3 Å². The lowest BCUT2D eigenvalue weighted by molar-refractivity contribution is -0.131. The number of nitrogens with zero attached hydrogens (tertiary/aromatic N) is 3. The molecule has 0 aromatic heterocycles. The van der Waals surface area contributed by atoms with Crippen molar-refractivity contribution < 1.29 is 19.1 Å². The maximum Gasteiger partial charge on any atom is 0.265 e. The molecule has 0 saturated carbocycles. The van der Waals surface area contributed by atoms with Gasteiger partial charge in [-0.25, -0.2) is 0 Å². The summed E-state index contributed by atoms with van der Waals surface area (Å²) < 4.78 is 11.6. The van der Waals surface area contributed by atoms with Crippen LogP contribution in [0.1, 0.15) is 6.42 Å². The molecule has 0 bridgehead atoms. The van der Waals surface area contributed by atoms with Crippen molar-refractivity contribution in [1.82, 2.24) is 4.90 Å². The van der Waals surface area contributed by atoms with Gasteiger partial charge in [0.05, 0.1) is 12.8 Å². The normalized spacial score (nSPS) is 16.6. The fourth-order valence-electron chi connectivity index (χ4n) is 3.81. The van der Waals surface area contributed by atoms with Gasteiger partial charge in [-0.1, -0.05) is 15.9 Å². The molecule has 2 aliphatic heterocycles. The fraction of sp³-hybridized carbons (Fsp3) is 0.364. The SMILES string of the molecule is COc1ccc(N2CCCN(C(=O)CN3C(=O)COc4cc(Br)ccc43)CC2)cc1. The van der Waals surface area contributed by atoms with E-state index in [0.717, 1.165) is 35.4 Å². The third kappa shape index (κ3) is 4.38. The minimum absolute atomic E-state index is 0.0271. The Bertz CT molecular complexity index is 934. The Kier molecular flexibility index (Phi) is 6.13. The quantitative estimate of drug-likeness (QED) is 0.682. The highest BCUT2D eigenvalue weighted by Gasteiger charge is 2.29. The zero-order chi connectivity index (χ0) is 21.1. The second-order valence-electron chi connectivity index (χ2n) is 7.30. The molecule has 2 aromatic carbocycles. The number of halogens is 1. The van der Waals surface area contributed by atoms with Gasteiger partial charge in [0.15, 0.2) is 6.61 Å². The molecule has 2 aliphatic rings. The number of amides is 2. The Morgan fingerprint density at radius 3 is 2.67 bits per heavy atom. The van der Waals surface area contributed by atoms with Crippen molar-refractivity contribution in [2.24, 2.45) is 0 Å². The molecule has 0 unspecified atom stereocenters. The molecule has 2 heterocycles. The van der Waals surface area contributed by atoms with Crippen LogP contribution in [0.4, 0.5) is 11.4 Å². The van der Waals surface area contributed by atoms with Crippen LogP contribution >= 0.6 is 15.9 Å². The van der Waals surface area contributed by atoms with Crippen molar-refractivity contribution >= 4 is 39.1 Å². The number of fused-ring (bicyclic) bond motifs is 1. The molecular formula is C22H24BrN3O4. The van der Waals surface area contributed by atoms with E-state index < -0.39 is 0 Å². The Labute approximate surface area is 184 Å². The van der Waals surface area contributed by atoms with Gasteiger partial charge in [-0.15, -0.1) is 0 Å². The van der Waals surface area contributed by atoms with Crippen LogP contribution in [0.5, 0.6) is 11.5 Å². The van der Waals surface area contributed by atoms with Gasteiger partial charge in [0, 0.05) is 36.3 Å². The number of carbonyl (C=O) groups excluding carboxylic acids is 2. The zero-order valence-electron chi connectivity index (χ0n) is 16.8. The summed E-state index contributed by atoms with van der Waals surface area (Å²) in [4.78, 5) is 31.1. The van der Waals surface area contributed by atoms with Crippen LogP contribution < -0.4 is 19.3 Å². The summed E-state index contributed by atoms with van der Waals surface area (Å²) in [6.45, 7) is 2.90. The van der Waals surface area contributed by atoms with Crippen LogP contribution in [-0.2, 0) is 9.59 Å². The number of rotatable bonds is 4. The van der Waals surface area contributed by atoms with Crippen molar-refractivity contribution in [3.8, 4) is 11.5 Å². The molecule has 0 aliphatic carbocycles. The van der Waals surface area contributed by atoms with E-state index in [9.17, 15) is 9.59 Å². The minimum Gasteiger partial charge on any atom is -0.497 e. The average Bonchev–Trinajstić information content (AvgIpc) is 3.02. The van der Waals surface area contributed by atoms with Gasteiger partial charge in [0.1, 0.15) is 18.0 Å². The van der Waals surface area contributed by atoms with Crippen molar-refractivity contribution in [1.29, 1.82) is 0 Å². The summed E-state index contributed by atoms with van der Waals surface area (Å²) in [7, 11) is 1.65. The largest absolute Gasteiger partial charge is 0.497 e. The average molecular weight is 474 g/mol. The zero-order valence-corrected chi connectivity index (χ0v) is 18.4. The summed E-state index contributed by atoms with van der Waals surface area (Å²) in [6, 6.07) is 13.4. The minimum atomic E-state index is -0.201. The molecule has 2 amide bonds. The van der Waals surface area contributed by atoms with Crippen molar-refractivity contribution in [2.45, 2.75) is 6.42 Å². The maximum absolute atomic E-state index is 13.0. The third-order valence-corrected chi connectivity index (χ3v) is 5.94. The summed E-state index contributed by atoms with van der Waals surface area (Å²) in [5, 5.41) is 0. The molecule has 0 atom stereocenters. The highest BCUT2D eigenvalue weighted by atomic mass is 79.9. The maximum atomic E-state index is 13.0. The topological polar surface area (TPSA) is 62.3 Å². The lowest BCUT2D eigenvalue weighted by Gasteiger charge is -2.31. The van der Waals surface area contributed by atoms with E-state index in [2.05, 4.69) is 20.8 Å². The molecule has 0 spiro atoms. The predicted octanol–water partition coefficient (Wildman–Crippen LogP) is 2.92. The van der Waals surface area contributed by atoms with Crippen LogP contribution in [0.2, 0.25) is 0 Å². The Morgan fingerprint density at radius 2 is 1.90 bits per heavy atom. The van der Waals surface area contributed by atoms with E-state index in [4.69, 9.17) is 9.47 Å². The molecule has 2 aromatic rings. The van der Waals surface area contributed by atoms with Crippen molar-refractivity contribution in [2.75, 3.05) is 56.2 Å². The molecule has 0 N–H and O–H groups in total. The molecule has 1 saturated heterocycles. The van der Waals surface area contributed by atoms with E-state index in [0.29, 0.717) is 24.5 Å². The molecule has 1 fully saturated rings. The fourth-order valence-corrected chi connectivity index (χ4v) is 4.15. The second-order valence-corrected chi connectivity index (χ2v) is 8.22. The van der Waals surface area contributed by atoms with Crippen LogP contribution in [-0.4, -0.2) is 63.2 Å². The molecule has 8 heteroatoms. The number of anilines is 2. The van der Waals surface area contributed by atoms with E-state index in [1.807, 2.05) is 41.3 Å². The first-order valence-electron chi connectivity index (χ1n) is 9.94.